The van der Waals surface area contributed by atoms with Crippen LogP contribution in [0.5, 0.6) is 0 Å². The molecule has 4 rings (SSSR count). The quantitative estimate of drug-likeness (QED) is 0.0883. The van der Waals surface area contributed by atoms with E-state index in [2.05, 4.69) is 85.3 Å². The van der Waals surface area contributed by atoms with E-state index in [9.17, 15) is 0 Å². The first kappa shape index (κ1) is 87.6. The van der Waals surface area contributed by atoms with Gasteiger partial charge in [-0.15, -0.1) is 51.4 Å². The van der Waals surface area contributed by atoms with Gasteiger partial charge < -0.3 is 43.4 Å². The van der Waals surface area contributed by atoms with Crippen LogP contribution < -0.4 is 5.73 Å². The summed E-state index contributed by atoms with van der Waals surface area (Å²) >= 11 is 4.24. The third-order valence-electron chi connectivity index (χ3n) is 3.75. The monoisotopic (exact) mass is 1490 g/mol. The number of nitrogen functional groups attached to an aromatic ring is 1. The largest absolute Gasteiger partial charge is 2.00 e. The Bertz CT molecular complexity index is 1050. The average molecular weight is 1490 g/mol. The van der Waals surface area contributed by atoms with Gasteiger partial charge in [0.1, 0.15) is 5.82 Å². The van der Waals surface area contributed by atoms with Crippen molar-refractivity contribution in [2.75, 3.05) is 5.73 Å². The minimum atomic E-state index is 0. The molecule has 7 nitrogen and oxygen atoms in total. The van der Waals surface area contributed by atoms with Gasteiger partial charge in [-0.3, -0.25) is 0 Å². The van der Waals surface area contributed by atoms with Crippen LogP contribution in [0.4, 0.5) is 5.69 Å². The maximum atomic E-state index is 5.46. The molecule has 4 aromatic rings. The van der Waals surface area contributed by atoms with E-state index in [0.29, 0.717) is 17.6 Å². The summed E-state index contributed by atoms with van der Waals surface area (Å²) in [5.41, 5.74) is 9.04. The average Bonchev–Trinajstić information content (AvgIpc) is 3.54. The first-order valence-corrected chi connectivity index (χ1v) is 19.2. The number of anilines is 1. The zero-order valence-electron chi connectivity index (χ0n) is 31.0. The molecular weight excluding hydrogens is 1430 g/mol. The second-order valence-electron chi connectivity index (χ2n) is 6.04. The number of aryl methyl sites for hydroxylation is 2. The van der Waals surface area contributed by atoms with Gasteiger partial charge in [0.2, 0.25) is 5.89 Å². The summed E-state index contributed by atoms with van der Waals surface area (Å²) in [5, 5.41) is 14.9. The maximum Gasteiger partial charge on any atom is 2.00 e. The zero-order chi connectivity index (χ0) is 31.4. The minimum Gasteiger partial charge on any atom is -0.456 e. The van der Waals surface area contributed by atoms with Crippen LogP contribution in [0, 0.1) is 56.4 Å². The van der Waals surface area contributed by atoms with E-state index in [1.165, 1.54) is 0 Å². The van der Waals surface area contributed by atoms with Crippen LogP contribution in [-0.4, -0.2) is 41.8 Å². The van der Waals surface area contributed by atoms with Gasteiger partial charge >= 0.3 is 42.1 Å². The fourth-order valence-electron chi connectivity index (χ4n) is 2.32. The number of halogens is 3. The van der Waals surface area contributed by atoms with Crippen molar-refractivity contribution in [3.05, 3.63) is 126 Å². The van der Waals surface area contributed by atoms with Gasteiger partial charge in [-0.25, -0.2) is 0 Å². The Morgan fingerprint density at radius 1 is 0.646 bits per heavy atom. The normalized spacial score (nSPS) is 6.50. The summed E-state index contributed by atoms with van der Waals surface area (Å²) in [5.74, 6) is 2.40. The Labute approximate surface area is 420 Å². The molecule has 0 amide bonds. The van der Waals surface area contributed by atoms with Gasteiger partial charge in [-0.1, -0.05) is 91.0 Å². The van der Waals surface area contributed by atoms with Gasteiger partial charge in [0.05, 0.1) is 5.89 Å². The molecular formula is C32H55B2I3N6OW2Y2-2. The number of hydrogen-bond acceptors (Lipinski definition) is 6. The molecule has 0 saturated carbocycles. The number of aromatic nitrogens is 5. The van der Waals surface area contributed by atoms with E-state index in [1.807, 2.05) is 115 Å². The van der Waals surface area contributed by atoms with E-state index in [-0.39, 0.29) is 163 Å². The van der Waals surface area contributed by atoms with Crippen molar-refractivity contribution in [2.24, 2.45) is 0 Å². The molecule has 266 valence electrons. The number of benzene rings is 2. The van der Waals surface area contributed by atoms with Crippen molar-refractivity contribution in [3.63, 3.8) is 0 Å². The second-order valence-corrected chi connectivity index (χ2v) is 6.04. The van der Waals surface area contributed by atoms with Gasteiger partial charge in [-0.2, -0.15) is 42.2 Å². The molecule has 0 fully saturated rings. The molecule has 0 spiro atoms. The predicted molar refractivity (Wildman–Crippen MR) is 227 cm³/mol. The molecule has 48 heavy (non-hydrogen) atoms. The van der Waals surface area contributed by atoms with Crippen molar-refractivity contribution in [1.29, 1.82) is 0 Å². The summed E-state index contributed by atoms with van der Waals surface area (Å²) in [4.78, 5) is 0. The number of hydrogen-bond donors (Lipinski definition) is 1. The minimum absolute atomic E-state index is 0. The van der Waals surface area contributed by atoms with Crippen LogP contribution in [-0.2, 0) is 108 Å². The molecule has 8 radical (unpaired) electrons. The van der Waals surface area contributed by atoms with Crippen LogP contribution in [0.3, 0.4) is 0 Å². The van der Waals surface area contributed by atoms with Crippen LogP contribution in [0.1, 0.15) is 89.9 Å². The molecule has 2 N–H and O–H groups in total. The topological polar surface area (TPSA) is 95.7 Å². The summed E-state index contributed by atoms with van der Waals surface area (Å²) in [6.45, 7) is 34.5. The van der Waals surface area contributed by atoms with Crippen LogP contribution >= 0.6 is 61.2 Å². The van der Waals surface area contributed by atoms with Crippen molar-refractivity contribution in [1.82, 2.24) is 25.0 Å². The van der Waals surface area contributed by atoms with E-state index in [1.54, 1.807) is 6.92 Å². The first-order chi connectivity index (χ1) is 18.8. The van der Waals surface area contributed by atoms with Crippen LogP contribution in [0.15, 0.2) is 52.9 Å². The number of nitrogens with zero attached hydrogens (tertiary/aromatic N) is 5. The van der Waals surface area contributed by atoms with Crippen LogP contribution in [0.25, 0.3) is 5.69 Å². The summed E-state index contributed by atoms with van der Waals surface area (Å²) in [6.07, 6.45) is 0. The molecule has 0 unspecified atom stereocenters. The standard InChI is InChI=1S/C11H11N3.C7H8N.C4H5N2O.4C2H6.2CH3.2B.I2.HI.2W.2Y/c1-8-6-4-5-7-11(8)14-9(2)12-13-10(14)3;1-6-4-2-3-5-7(6)8;1-3-5-6-4(2)7-3;4*1-2;;;;;1-2;;;;;/h4-7H,1-2H2,3H3;2-5H,1,8H2;1H2,2H3;4*1-2H3;2*1H3;;;;1H;;;;/q-2;2*-1;;;;;2*-1;;;;;2*+2;;. The molecule has 0 saturated heterocycles. The third kappa shape index (κ3) is 42.3. The van der Waals surface area contributed by atoms with Crippen molar-refractivity contribution >= 4 is 83.7 Å². The van der Waals surface area contributed by atoms with Crippen molar-refractivity contribution in [3.8, 4) is 5.69 Å². The zero-order valence-corrected chi connectivity index (χ0v) is 49.1. The Kier molecular flexibility index (Phi) is 117. The molecule has 0 aliphatic carbocycles. The number of nitrogens with two attached hydrogens (primary N) is 1. The molecule has 0 aliphatic rings. The van der Waals surface area contributed by atoms with Gasteiger partial charge in [0.15, 0.2) is 0 Å². The van der Waals surface area contributed by atoms with Gasteiger partial charge in [-0.05, 0) is 12.7 Å². The molecule has 2 aromatic carbocycles. The Morgan fingerprint density at radius 2 is 1.02 bits per heavy atom. The molecule has 0 atom stereocenters. The predicted octanol–water partition coefficient (Wildman–Crippen LogP) is 10.6. The van der Waals surface area contributed by atoms with E-state index >= 15 is 0 Å². The third-order valence-corrected chi connectivity index (χ3v) is 3.75. The SMILES string of the molecule is CC.CC.CC.CC.I.II.[B].[B].[CH2-]c1ccccc1-n1c([CH2-])nnc1C.[CH2-]c1ccccc1N.[CH2-]c1nnc(C)o1.[CH3-].[CH3-].[W+2].[W+2].[Y].[Y]. The fraction of sp³-hybridized carbons (Fsp3) is 0.312. The summed E-state index contributed by atoms with van der Waals surface area (Å²) < 4.78 is 6.64. The molecule has 0 bridgehead atoms. The maximum absolute atomic E-state index is 5.46. The molecule has 0 aliphatic heterocycles. The van der Waals surface area contributed by atoms with Crippen LogP contribution in [0.2, 0.25) is 0 Å². The van der Waals surface area contributed by atoms with Crippen molar-refractivity contribution in [2.45, 2.75) is 69.2 Å². The first-order valence-electron chi connectivity index (χ1n) is 12.9. The Balaban J connectivity index is -0.0000000293. The van der Waals surface area contributed by atoms with Gasteiger partial charge in [0.25, 0.3) is 0 Å². The fourth-order valence-corrected chi connectivity index (χ4v) is 2.32. The van der Waals surface area contributed by atoms with Crippen molar-refractivity contribution < 1.29 is 112 Å². The summed E-state index contributed by atoms with van der Waals surface area (Å²) in [6, 6.07) is 15.4. The Morgan fingerprint density at radius 3 is 1.25 bits per heavy atom. The second kappa shape index (κ2) is 63.9. The summed E-state index contributed by atoms with van der Waals surface area (Å²) in [7, 11) is 0. The number of rotatable bonds is 1. The smallest absolute Gasteiger partial charge is 0.456 e. The van der Waals surface area contributed by atoms with E-state index in [0.717, 1.165) is 28.3 Å². The number of para-hydroxylation sites is 2. The van der Waals surface area contributed by atoms with Gasteiger partial charge in [0, 0.05) is 126 Å². The molecule has 2 aromatic heterocycles. The Hall–Kier alpha value is 1.90. The molecule has 16 heteroatoms. The molecule has 2 heterocycles. The van der Waals surface area contributed by atoms with E-state index in [4.69, 9.17) is 10.2 Å². The van der Waals surface area contributed by atoms with E-state index < -0.39 is 0 Å².